The van der Waals surface area contributed by atoms with E-state index in [1.165, 1.54) is 0 Å². The van der Waals surface area contributed by atoms with E-state index in [1.807, 2.05) is 6.92 Å². The lowest BCUT2D eigenvalue weighted by Gasteiger charge is -2.23. The Morgan fingerprint density at radius 3 is 2.22 bits per heavy atom. The molecule has 0 aromatic carbocycles. The van der Waals surface area contributed by atoms with Gasteiger partial charge >= 0.3 is 18.1 Å². The highest BCUT2D eigenvalue weighted by atomic mass is 19.4. The first-order chi connectivity index (χ1) is 8.32. The van der Waals surface area contributed by atoms with Crippen molar-refractivity contribution in [3.05, 3.63) is 0 Å². The van der Waals surface area contributed by atoms with Crippen LogP contribution in [0.5, 0.6) is 0 Å². The van der Waals surface area contributed by atoms with Crippen LogP contribution in [0.25, 0.3) is 0 Å². The Balaban J connectivity index is 4.40. The fraction of sp³-hybridized carbons (Fsp3) is 0.818. The number of hydrogen-bond donors (Lipinski definition) is 0. The van der Waals surface area contributed by atoms with Crippen LogP contribution < -0.4 is 0 Å². The van der Waals surface area contributed by atoms with E-state index in [0.29, 0.717) is 17.7 Å². The van der Waals surface area contributed by atoms with Gasteiger partial charge in [0.25, 0.3) is 0 Å². The van der Waals surface area contributed by atoms with Gasteiger partial charge in [-0.1, -0.05) is 13.3 Å². The lowest BCUT2D eigenvalue weighted by atomic mass is 10.3. The quantitative estimate of drug-likeness (QED) is 0.665. The number of ether oxygens (including phenoxy) is 1. The molecule has 0 aromatic rings. The fourth-order valence-electron chi connectivity index (χ4n) is 1.30. The van der Waals surface area contributed by atoms with E-state index < -0.39 is 18.1 Å². The second-order valence-corrected chi connectivity index (χ2v) is 3.70. The van der Waals surface area contributed by atoms with Crippen LogP contribution in [0.1, 0.15) is 33.1 Å². The van der Waals surface area contributed by atoms with Crippen LogP contribution in [-0.4, -0.2) is 42.6 Å². The molecule has 0 rings (SSSR count). The number of nitrogens with zero attached hydrogens (tertiary/aromatic N) is 1. The summed E-state index contributed by atoms with van der Waals surface area (Å²) in [6.45, 7) is 3.31. The van der Waals surface area contributed by atoms with Crippen molar-refractivity contribution in [1.82, 2.24) is 4.90 Å². The van der Waals surface area contributed by atoms with Crippen molar-refractivity contribution in [3.8, 4) is 0 Å². The summed E-state index contributed by atoms with van der Waals surface area (Å²) in [6, 6.07) is 0. The number of amides is 1. The molecule has 0 saturated carbocycles. The maximum atomic E-state index is 12.3. The van der Waals surface area contributed by atoms with Crippen molar-refractivity contribution < 1.29 is 27.5 Å². The number of halogens is 3. The third kappa shape index (κ3) is 6.46. The summed E-state index contributed by atoms with van der Waals surface area (Å²) < 4.78 is 41.5. The summed E-state index contributed by atoms with van der Waals surface area (Å²) in [5.74, 6) is -2.51. The molecule has 0 aliphatic carbocycles. The predicted octanol–water partition coefficient (Wildman–Crippen LogP) is 2.13. The third-order valence-electron chi connectivity index (χ3n) is 2.20. The average Bonchev–Trinajstić information content (AvgIpc) is 2.27. The van der Waals surface area contributed by atoms with Gasteiger partial charge in [-0.25, -0.2) is 0 Å². The van der Waals surface area contributed by atoms with Crippen molar-refractivity contribution >= 4 is 11.9 Å². The number of unbranched alkanes of at least 4 members (excludes halogenated alkanes) is 1. The first kappa shape index (κ1) is 16.7. The first-order valence-corrected chi connectivity index (χ1v) is 5.84. The van der Waals surface area contributed by atoms with E-state index in [4.69, 9.17) is 0 Å². The summed E-state index contributed by atoms with van der Waals surface area (Å²) >= 11 is 0. The smallest absolute Gasteiger partial charge is 0.466 e. The minimum atomic E-state index is -4.90. The molecule has 0 fully saturated rings. The summed E-state index contributed by atoms with van der Waals surface area (Å²) in [6.07, 6.45) is -3.99. The van der Waals surface area contributed by atoms with Crippen molar-refractivity contribution in [2.75, 3.05) is 19.7 Å². The lowest BCUT2D eigenvalue weighted by Crippen LogP contribution is -2.42. The zero-order valence-electron chi connectivity index (χ0n) is 10.5. The van der Waals surface area contributed by atoms with Gasteiger partial charge in [-0.3, -0.25) is 9.59 Å². The Kier molecular flexibility index (Phi) is 7.38. The minimum absolute atomic E-state index is 0.00571. The molecule has 0 N–H and O–H groups in total. The maximum absolute atomic E-state index is 12.3. The zero-order valence-corrected chi connectivity index (χ0v) is 10.5. The maximum Gasteiger partial charge on any atom is 0.471 e. The molecule has 4 nitrogen and oxygen atoms in total. The van der Waals surface area contributed by atoms with Crippen molar-refractivity contribution in [1.29, 1.82) is 0 Å². The largest absolute Gasteiger partial charge is 0.471 e. The molecule has 7 heteroatoms. The second kappa shape index (κ2) is 7.94. The Bertz CT molecular complexity index is 279. The molecule has 0 aromatic heterocycles. The molecular formula is C11H18F3NO3. The Morgan fingerprint density at radius 2 is 1.78 bits per heavy atom. The summed E-state index contributed by atoms with van der Waals surface area (Å²) in [5.41, 5.74) is 0. The normalized spacial score (nSPS) is 11.2. The van der Waals surface area contributed by atoms with Gasteiger partial charge in [-0.2, -0.15) is 13.2 Å². The van der Waals surface area contributed by atoms with Crippen molar-refractivity contribution in [2.45, 2.75) is 39.3 Å². The Hall–Kier alpha value is -1.27. The molecule has 1 amide bonds. The van der Waals surface area contributed by atoms with Gasteiger partial charge in [0.15, 0.2) is 0 Å². The first-order valence-electron chi connectivity index (χ1n) is 5.84. The number of carbonyl (C=O) groups is 2. The summed E-state index contributed by atoms with van der Waals surface area (Å²) in [5, 5.41) is 0. The van der Waals surface area contributed by atoms with Gasteiger partial charge in [0, 0.05) is 13.1 Å². The average molecular weight is 269 g/mol. The highest BCUT2D eigenvalue weighted by molar-refractivity contribution is 5.82. The number of carbonyl (C=O) groups excluding carboxylic acids is 2. The molecule has 0 aliphatic heterocycles. The number of hydrogen-bond acceptors (Lipinski definition) is 3. The number of rotatable bonds is 7. The molecule has 0 saturated heterocycles. The molecule has 106 valence electrons. The van der Waals surface area contributed by atoms with Crippen molar-refractivity contribution in [2.24, 2.45) is 0 Å². The van der Waals surface area contributed by atoms with E-state index in [0.717, 1.165) is 0 Å². The Morgan fingerprint density at radius 1 is 1.17 bits per heavy atom. The predicted molar refractivity (Wildman–Crippen MR) is 58.8 cm³/mol. The van der Waals surface area contributed by atoms with Crippen LogP contribution in [-0.2, 0) is 14.3 Å². The van der Waals surface area contributed by atoms with Gasteiger partial charge < -0.3 is 9.64 Å². The van der Waals surface area contributed by atoms with Crippen LogP contribution in [0.2, 0.25) is 0 Å². The van der Waals surface area contributed by atoms with Crippen LogP contribution in [0.15, 0.2) is 0 Å². The molecule has 0 radical (unpaired) electrons. The molecule has 0 aliphatic rings. The van der Waals surface area contributed by atoms with Crippen LogP contribution in [0.3, 0.4) is 0 Å². The second-order valence-electron chi connectivity index (χ2n) is 3.70. The lowest BCUT2D eigenvalue weighted by molar-refractivity contribution is -0.185. The van der Waals surface area contributed by atoms with Gasteiger partial charge in [-0.05, 0) is 13.3 Å². The fourth-order valence-corrected chi connectivity index (χ4v) is 1.30. The topological polar surface area (TPSA) is 46.6 Å². The third-order valence-corrected chi connectivity index (χ3v) is 2.20. The molecule has 18 heavy (non-hydrogen) atoms. The summed E-state index contributed by atoms with van der Waals surface area (Å²) in [7, 11) is 0. The van der Waals surface area contributed by atoms with Gasteiger partial charge in [0.2, 0.25) is 0 Å². The zero-order chi connectivity index (χ0) is 14.2. The molecule has 0 heterocycles. The molecule has 0 bridgehead atoms. The highest BCUT2D eigenvalue weighted by Crippen LogP contribution is 2.19. The molecule has 0 unspecified atom stereocenters. The minimum Gasteiger partial charge on any atom is -0.466 e. The molecule has 0 spiro atoms. The molecule has 0 atom stereocenters. The number of esters is 1. The van der Waals surface area contributed by atoms with Gasteiger partial charge in [-0.15, -0.1) is 0 Å². The summed E-state index contributed by atoms with van der Waals surface area (Å²) in [4.78, 5) is 22.8. The SMILES string of the molecule is CCCCN(CCC(=O)OCC)C(=O)C(F)(F)F. The van der Waals surface area contributed by atoms with E-state index in [1.54, 1.807) is 6.92 Å². The van der Waals surface area contributed by atoms with Gasteiger partial charge in [0.1, 0.15) is 0 Å². The van der Waals surface area contributed by atoms with Gasteiger partial charge in [0.05, 0.1) is 13.0 Å². The monoisotopic (exact) mass is 269 g/mol. The molecular weight excluding hydrogens is 251 g/mol. The van der Waals surface area contributed by atoms with Crippen molar-refractivity contribution in [3.63, 3.8) is 0 Å². The van der Waals surface area contributed by atoms with E-state index in [-0.39, 0.29) is 26.1 Å². The van der Waals surface area contributed by atoms with E-state index in [9.17, 15) is 22.8 Å². The van der Waals surface area contributed by atoms with E-state index >= 15 is 0 Å². The van der Waals surface area contributed by atoms with Crippen LogP contribution >= 0.6 is 0 Å². The highest BCUT2D eigenvalue weighted by Gasteiger charge is 2.42. The number of alkyl halides is 3. The van der Waals surface area contributed by atoms with Crippen LogP contribution in [0, 0.1) is 0 Å². The Labute approximate surface area is 104 Å². The van der Waals surface area contributed by atoms with E-state index in [2.05, 4.69) is 4.74 Å². The standard InChI is InChI=1S/C11H18F3NO3/c1-3-5-7-15(10(17)11(12,13)14)8-6-9(16)18-4-2/h3-8H2,1-2H3. The van der Waals surface area contributed by atoms with Crippen LogP contribution in [0.4, 0.5) is 13.2 Å².